The second kappa shape index (κ2) is 7.15. The van der Waals surface area contributed by atoms with E-state index in [1.165, 1.54) is 5.56 Å². The minimum Gasteiger partial charge on any atom is -0.547 e. The Balaban J connectivity index is 0. The fraction of sp³-hybridized carbons (Fsp3) is 0.400. The van der Waals surface area contributed by atoms with E-state index in [4.69, 9.17) is 4.74 Å². The molecule has 0 unspecified atom stereocenters. The minimum absolute atomic E-state index is 0. The van der Waals surface area contributed by atoms with Crippen molar-refractivity contribution >= 4 is 0 Å². The van der Waals surface area contributed by atoms with Gasteiger partial charge in [0.15, 0.2) is 0 Å². The van der Waals surface area contributed by atoms with Gasteiger partial charge < -0.3 is 16.9 Å². The fourth-order valence-corrected chi connectivity index (χ4v) is 0.943. The van der Waals surface area contributed by atoms with E-state index < -0.39 is 0 Å². The molecular weight excluding hydrogens is 409 g/mol. The third kappa shape index (κ3) is 4.23. The SMILES string of the molecule is COc1[c-]c(C)c(C)c(C)[c-]1.[W].[Y]. The zero-order valence-electron chi connectivity index (χ0n) is 8.39. The summed E-state index contributed by atoms with van der Waals surface area (Å²) in [6.45, 7) is 6.12. The second-order valence-corrected chi connectivity index (χ2v) is 2.66. The third-order valence-electron chi connectivity index (χ3n) is 1.93. The van der Waals surface area contributed by atoms with Crippen LogP contribution in [0.25, 0.3) is 0 Å². The monoisotopic (exact) mass is 421 g/mol. The normalized spacial score (nSPS) is 8.31. The molecule has 0 N–H and O–H groups in total. The van der Waals surface area contributed by atoms with Crippen molar-refractivity contribution < 1.29 is 58.5 Å². The van der Waals surface area contributed by atoms with Crippen LogP contribution in [0.3, 0.4) is 0 Å². The van der Waals surface area contributed by atoms with Gasteiger partial charge in [-0.1, -0.05) is 13.8 Å². The Morgan fingerprint density at radius 3 is 1.69 bits per heavy atom. The van der Waals surface area contributed by atoms with E-state index in [1.807, 2.05) is 13.8 Å². The molecule has 1 aromatic carbocycles. The Kier molecular flexibility index (Phi) is 8.94. The molecule has 69 valence electrons. The molecule has 0 atom stereocenters. The van der Waals surface area contributed by atoms with Crippen molar-refractivity contribution in [2.24, 2.45) is 0 Å². The van der Waals surface area contributed by atoms with E-state index in [1.54, 1.807) is 7.11 Å². The van der Waals surface area contributed by atoms with Crippen LogP contribution in [0.4, 0.5) is 0 Å². The first-order valence-electron chi connectivity index (χ1n) is 3.61. The van der Waals surface area contributed by atoms with Crippen molar-refractivity contribution in [1.82, 2.24) is 0 Å². The Morgan fingerprint density at radius 1 is 1.00 bits per heavy atom. The van der Waals surface area contributed by atoms with Gasteiger partial charge in [0.2, 0.25) is 0 Å². The largest absolute Gasteiger partial charge is 0.547 e. The van der Waals surface area contributed by atoms with Crippen LogP contribution in [0.5, 0.6) is 5.75 Å². The maximum absolute atomic E-state index is 5.02. The van der Waals surface area contributed by atoms with Gasteiger partial charge in [-0.15, -0.1) is 12.7 Å². The molecule has 13 heavy (non-hydrogen) atoms. The van der Waals surface area contributed by atoms with Crippen LogP contribution in [0.15, 0.2) is 0 Å². The zero-order valence-corrected chi connectivity index (χ0v) is 14.2. The molecule has 3 heteroatoms. The van der Waals surface area contributed by atoms with Crippen LogP contribution in [0.2, 0.25) is 0 Å². The van der Waals surface area contributed by atoms with E-state index in [-0.39, 0.29) is 53.8 Å². The summed E-state index contributed by atoms with van der Waals surface area (Å²) in [6, 6.07) is 6.18. The molecule has 1 nitrogen and oxygen atoms in total. The summed E-state index contributed by atoms with van der Waals surface area (Å²) in [7, 11) is 1.64. The van der Waals surface area contributed by atoms with E-state index in [9.17, 15) is 0 Å². The summed E-state index contributed by atoms with van der Waals surface area (Å²) in [4.78, 5) is 0. The third-order valence-corrected chi connectivity index (χ3v) is 1.93. The topological polar surface area (TPSA) is 9.23 Å². The molecule has 0 aliphatic rings. The quantitative estimate of drug-likeness (QED) is 0.633. The van der Waals surface area contributed by atoms with Crippen LogP contribution in [0.1, 0.15) is 16.7 Å². The Hall–Kier alpha value is 0.812. The smallest absolute Gasteiger partial charge is 0.0714 e. The number of rotatable bonds is 1. The Bertz CT molecular complexity index is 251. The standard InChI is InChI=1S/C10H12O.W.Y/c1-7-5-10(11-4)6-8(2)9(7)3;;/h1-4H3;;/q-2;;. The molecule has 0 saturated carbocycles. The van der Waals surface area contributed by atoms with Gasteiger partial charge in [0.25, 0.3) is 0 Å². The Labute approximate surface area is 120 Å². The summed E-state index contributed by atoms with van der Waals surface area (Å²) in [6.07, 6.45) is 0. The number of benzene rings is 1. The van der Waals surface area contributed by atoms with Gasteiger partial charge in [0.05, 0.1) is 7.11 Å². The summed E-state index contributed by atoms with van der Waals surface area (Å²) >= 11 is 0. The van der Waals surface area contributed by atoms with E-state index >= 15 is 0 Å². The molecular formula is C10H12OWY-2. The first-order chi connectivity index (χ1) is 5.15. The van der Waals surface area contributed by atoms with Gasteiger partial charge >= 0.3 is 0 Å². The average molecular weight is 421 g/mol. The molecule has 0 fully saturated rings. The van der Waals surface area contributed by atoms with Gasteiger partial charge in [-0.3, -0.25) is 16.7 Å². The van der Waals surface area contributed by atoms with Crippen molar-refractivity contribution in [2.75, 3.05) is 7.11 Å². The molecule has 0 aromatic heterocycles. The number of hydrogen-bond acceptors (Lipinski definition) is 1. The molecule has 0 heterocycles. The molecule has 1 aromatic rings. The zero-order chi connectivity index (χ0) is 8.43. The van der Waals surface area contributed by atoms with E-state index in [0.717, 1.165) is 11.1 Å². The summed E-state index contributed by atoms with van der Waals surface area (Å²) < 4.78 is 5.02. The number of ether oxygens (including phenoxy) is 1. The fourth-order valence-electron chi connectivity index (χ4n) is 0.943. The van der Waals surface area contributed by atoms with Gasteiger partial charge in [0.1, 0.15) is 0 Å². The van der Waals surface area contributed by atoms with Crippen molar-refractivity contribution in [3.05, 3.63) is 28.8 Å². The molecule has 0 amide bonds. The Morgan fingerprint density at radius 2 is 1.38 bits per heavy atom. The van der Waals surface area contributed by atoms with Gasteiger partial charge in [-0.25, -0.2) is 0 Å². The minimum atomic E-state index is 0. The number of aryl methyl sites for hydroxylation is 2. The van der Waals surface area contributed by atoms with Gasteiger partial charge in [0, 0.05) is 53.8 Å². The van der Waals surface area contributed by atoms with Crippen LogP contribution >= 0.6 is 0 Å². The number of hydrogen-bond donors (Lipinski definition) is 0. The second-order valence-electron chi connectivity index (χ2n) is 2.66. The predicted octanol–water partition coefficient (Wildman–Crippen LogP) is 2.22. The predicted molar refractivity (Wildman–Crippen MR) is 44.9 cm³/mol. The first kappa shape index (κ1) is 16.2. The first-order valence-corrected chi connectivity index (χ1v) is 3.61. The van der Waals surface area contributed by atoms with E-state index in [0.29, 0.717) is 5.75 Å². The van der Waals surface area contributed by atoms with E-state index in [2.05, 4.69) is 19.1 Å². The van der Waals surface area contributed by atoms with Gasteiger partial charge in [-0.2, -0.15) is 0 Å². The summed E-state index contributed by atoms with van der Waals surface area (Å²) in [5, 5.41) is 0. The van der Waals surface area contributed by atoms with Crippen LogP contribution in [-0.2, 0) is 53.8 Å². The molecule has 0 saturated heterocycles. The molecule has 0 aliphatic heterocycles. The average Bonchev–Trinajstić information content (AvgIpc) is 1.99. The van der Waals surface area contributed by atoms with Crippen LogP contribution < -0.4 is 4.74 Å². The van der Waals surface area contributed by atoms with Crippen molar-refractivity contribution in [3.8, 4) is 5.75 Å². The molecule has 0 spiro atoms. The van der Waals surface area contributed by atoms with Crippen LogP contribution in [-0.4, -0.2) is 7.11 Å². The van der Waals surface area contributed by atoms with Crippen molar-refractivity contribution in [1.29, 1.82) is 0 Å². The van der Waals surface area contributed by atoms with Crippen molar-refractivity contribution in [2.45, 2.75) is 20.8 Å². The summed E-state index contributed by atoms with van der Waals surface area (Å²) in [5.41, 5.74) is 3.52. The number of methoxy groups -OCH3 is 1. The molecule has 1 rings (SSSR count). The van der Waals surface area contributed by atoms with Crippen LogP contribution in [0, 0.1) is 32.9 Å². The van der Waals surface area contributed by atoms with Crippen molar-refractivity contribution in [3.63, 3.8) is 0 Å². The molecule has 0 aliphatic carbocycles. The summed E-state index contributed by atoms with van der Waals surface area (Å²) in [5.74, 6) is 0.700. The molecule has 1 radical (unpaired) electrons. The molecule has 0 bridgehead atoms. The maximum Gasteiger partial charge on any atom is 0.0714 e. The maximum atomic E-state index is 5.02. The van der Waals surface area contributed by atoms with Gasteiger partial charge in [-0.05, 0) is 0 Å².